The van der Waals surface area contributed by atoms with Crippen molar-refractivity contribution in [3.63, 3.8) is 0 Å². The van der Waals surface area contributed by atoms with E-state index in [-0.39, 0.29) is 5.91 Å². The van der Waals surface area contributed by atoms with Crippen molar-refractivity contribution in [3.8, 4) is 0 Å². The molecule has 2 aliphatic heterocycles. The number of carbonyl (C=O) groups is 1. The molecule has 2 aromatic rings. The van der Waals surface area contributed by atoms with Crippen LogP contribution in [0.4, 0.5) is 0 Å². The third-order valence-corrected chi connectivity index (χ3v) is 7.87. The van der Waals surface area contributed by atoms with Crippen molar-refractivity contribution < 1.29 is 9.21 Å². The minimum absolute atomic E-state index is 0.0114. The molecule has 0 aromatic carbocycles. The third-order valence-electron chi connectivity index (χ3n) is 7.87. The SMILES string of the molecule is CN(Cc1ccco1)C(=O)c1nn(C)c2c1C[C@@H](N1CCC(N3CCCCC3)CC1)CC2. The second kappa shape index (κ2) is 9.40. The topological polar surface area (TPSA) is 57.8 Å². The molecule has 0 bridgehead atoms. The van der Waals surface area contributed by atoms with Crippen LogP contribution in [0.25, 0.3) is 0 Å². The van der Waals surface area contributed by atoms with Crippen LogP contribution >= 0.6 is 0 Å². The van der Waals surface area contributed by atoms with E-state index >= 15 is 0 Å². The Hall–Kier alpha value is -2.12. The summed E-state index contributed by atoms with van der Waals surface area (Å²) in [5.74, 6) is 0.780. The predicted octanol–water partition coefficient (Wildman–Crippen LogP) is 3.09. The molecule has 1 amide bonds. The smallest absolute Gasteiger partial charge is 0.274 e. The number of aryl methyl sites for hydroxylation is 1. The number of fused-ring (bicyclic) bond motifs is 1. The quantitative estimate of drug-likeness (QED) is 0.717. The first-order valence-electron chi connectivity index (χ1n) is 12.4. The van der Waals surface area contributed by atoms with Crippen molar-refractivity contribution in [1.29, 1.82) is 0 Å². The highest BCUT2D eigenvalue weighted by atomic mass is 16.3. The minimum Gasteiger partial charge on any atom is -0.467 e. The van der Waals surface area contributed by atoms with Gasteiger partial charge in [0.15, 0.2) is 5.69 Å². The Bertz CT molecular complexity index is 907. The van der Waals surface area contributed by atoms with E-state index in [2.05, 4.69) is 14.9 Å². The van der Waals surface area contributed by atoms with Gasteiger partial charge in [-0.1, -0.05) is 6.42 Å². The van der Waals surface area contributed by atoms with Crippen LogP contribution in [-0.4, -0.2) is 75.7 Å². The van der Waals surface area contributed by atoms with Gasteiger partial charge >= 0.3 is 0 Å². The van der Waals surface area contributed by atoms with Crippen molar-refractivity contribution in [2.45, 2.75) is 70.0 Å². The molecule has 0 N–H and O–H groups in total. The molecule has 5 rings (SSSR count). The Labute approximate surface area is 191 Å². The molecule has 0 spiro atoms. The molecule has 2 aromatic heterocycles. The summed E-state index contributed by atoms with van der Waals surface area (Å²) in [5, 5.41) is 4.67. The standard InChI is InChI=1S/C25H37N5O2/c1-27(18-21-7-6-16-32-21)25(31)24-22-17-20(8-9-23(22)28(2)26-24)30-14-10-19(11-15-30)29-12-4-3-5-13-29/h6-7,16,19-20H,3-5,8-15,17-18H2,1-2H3/t20-/m0/s1. The van der Waals surface area contributed by atoms with Crippen molar-refractivity contribution in [2.75, 3.05) is 33.2 Å². The lowest BCUT2D eigenvalue weighted by Gasteiger charge is -2.43. The fourth-order valence-electron chi connectivity index (χ4n) is 6.04. The molecular formula is C25H37N5O2. The molecular weight excluding hydrogens is 402 g/mol. The molecule has 0 saturated carbocycles. The highest BCUT2D eigenvalue weighted by molar-refractivity contribution is 5.94. The molecule has 2 fully saturated rings. The molecule has 4 heterocycles. The first-order chi connectivity index (χ1) is 15.6. The average Bonchev–Trinajstić information content (AvgIpc) is 3.46. The zero-order valence-electron chi connectivity index (χ0n) is 19.6. The normalized spacial score (nSPS) is 23.2. The molecule has 32 heavy (non-hydrogen) atoms. The average molecular weight is 440 g/mol. The molecule has 7 heteroatoms. The van der Waals surface area contributed by atoms with E-state index in [1.807, 2.05) is 30.9 Å². The highest BCUT2D eigenvalue weighted by Gasteiger charge is 2.34. The van der Waals surface area contributed by atoms with Crippen molar-refractivity contribution >= 4 is 5.91 Å². The number of furan rings is 1. The van der Waals surface area contributed by atoms with Crippen LogP contribution in [0, 0.1) is 0 Å². The largest absolute Gasteiger partial charge is 0.467 e. The summed E-state index contributed by atoms with van der Waals surface area (Å²) in [6.07, 6.45) is 11.5. The summed E-state index contributed by atoms with van der Waals surface area (Å²) in [5.41, 5.74) is 3.03. The summed E-state index contributed by atoms with van der Waals surface area (Å²) in [4.78, 5) is 20.4. The zero-order chi connectivity index (χ0) is 22.1. The Morgan fingerprint density at radius 3 is 2.56 bits per heavy atom. The molecule has 2 saturated heterocycles. The first kappa shape index (κ1) is 21.7. The number of piperidine rings is 2. The number of rotatable bonds is 5. The van der Waals surface area contributed by atoms with Crippen LogP contribution in [0.3, 0.4) is 0 Å². The fourth-order valence-corrected chi connectivity index (χ4v) is 6.04. The first-order valence-corrected chi connectivity index (χ1v) is 12.4. The second-order valence-electron chi connectivity index (χ2n) is 9.90. The number of amides is 1. The number of hydrogen-bond acceptors (Lipinski definition) is 5. The maximum Gasteiger partial charge on any atom is 0.274 e. The Balaban J connectivity index is 1.24. The van der Waals surface area contributed by atoms with Crippen LogP contribution in [0.5, 0.6) is 0 Å². The maximum atomic E-state index is 13.2. The second-order valence-corrected chi connectivity index (χ2v) is 9.90. The maximum absolute atomic E-state index is 13.2. The van der Waals surface area contributed by atoms with E-state index in [9.17, 15) is 4.79 Å². The van der Waals surface area contributed by atoms with Gasteiger partial charge in [-0.05, 0) is 83.3 Å². The fraction of sp³-hybridized carbons (Fsp3) is 0.680. The summed E-state index contributed by atoms with van der Waals surface area (Å²) in [7, 11) is 3.81. The summed E-state index contributed by atoms with van der Waals surface area (Å²) >= 11 is 0. The molecule has 3 aliphatic rings. The van der Waals surface area contributed by atoms with E-state index < -0.39 is 0 Å². The van der Waals surface area contributed by atoms with E-state index in [0.717, 1.165) is 36.6 Å². The van der Waals surface area contributed by atoms with Crippen molar-refractivity contribution in [3.05, 3.63) is 41.1 Å². The Morgan fingerprint density at radius 2 is 1.84 bits per heavy atom. The number of aromatic nitrogens is 2. The van der Waals surface area contributed by atoms with Crippen LogP contribution in [-0.2, 0) is 26.4 Å². The lowest BCUT2D eigenvalue weighted by atomic mass is 9.88. The third kappa shape index (κ3) is 4.37. The van der Waals surface area contributed by atoms with Crippen LogP contribution < -0.4 is 0 Å². The van der Waals surface area contributed by atoms with Crippen LogP contribution in [0.1, 0.15) is 66.0 Å². The van der Waals surface area contributed by atoms with Crippen LogP contribution in [0.15, 0.2) is 22.8 Å². The molecule has 1 atom stereocenters. The molecule has 174 valence electrons. The van der Waals surface area contributed by atoms with Gasteiger partial charge in [0, 0.05) is 37.4 Å². The number of likely N-dealkylation sites (tertiary alicyclic amines) is 2. The monoisotopic (exact) mass is 439 g/mol. The van der Waals surface area contributed by atoms with Gasteiger partial charge in [0.05, 0.1) is 12.8 Å². The summed E-state index contributed by atoms with van der Waals surface area (Å²) < 4.78 is 7.36. The van der Waals surface area contributed by atoms with E-state index in [1.54, 1.807) is 11.2 Å². The van der Waals surface area contributed by atoms with Gasteiger partial charge in [0.1, 0.15) is 5.76 Å². The number of hydrogen-bond donors (Lipinski definition) is 0. The van der Waals surface area contributed by atoms with Crippen molar-refractivity contribution in [1.82, 2.24) is 24.5 Å². The Morgan fingerprint density at radius 1 is 1.09 bits per heavy atom. The summed E-state index contributed by atoms with van der Waals surface area (Å²) in [6, 6.07) is 5.06. The summed E-state index contributed by atoms with van der Waals surface area (Å²) in [6.45, 7) is 5.42. The van der Waals surface area contributed by atoms with Gasteiger partial charge in [0.2, 0.25) is 0 Å². The Kier molecular flexibility index (Phi) is 6.37. The van der Waals surface area contributed by atoms with Gasteiger partial charge in [-0.25, -0.2) is 0 Å². The predicted molar refractivity (Wildman–Crippen MR) is 124 cm³/mol. The van der Waals surface area contributed by atoms with Gasteiger partial charge in [-0.3, -0.25) is 14.4 Å². The molecule has 1 aliphatic carbocycles. The molecule has 7 nitrogen and oxygen atoms in total. The van der Waals surface area contributed by atoms with Gasteiger partial charge in [-0.2, -0.15) is 5.10 Å². The number of nitrogens with zero attached hydrogens (tertiary/aromatic N) is 5. The van der Waals surface area contributed by atoms with Gasteiger partial charge in [-0.15, -0.1) is 0 Å². The van der Waals surface area contributed by atoms with Gasteiger partial charge in [0.25, 0.3) is 5.91 Å². The minimum atomic E-state index is -0.0114. The lowest BCUT2D eigenvalue weighted by Crippen LogP contribution is -2.50. The van der Waals surface area contributed by atoms with Crippen molar-refractivity contribution in [2.24, 2.45) is 7.05 Å². The van der Waals surface area contributed by atoms with Gasteiger partial charge < -0.3 is 14.2 Å². The van der Waals surface area contributed by atoms with Crippen LogP contribution in [0.2, 0.25) is 0 Å². The van der Waals surface area contributed by atoms with E-state index in [0.29, 0.717) is 18.3 Å². The molecule has 0 radical (unpaired) electrons. The highest BCUT2D eigenvalue weighted by Crippen LogP contribution is 2.30. The van der Waals surface area contributed by atoms with E-state index in [1.165, 1.54) is 64.0 Å². The van der Waals surface area contributed by atoms with E-state index in [4.69, 9.17) is 4.42 Å². The lowest BCUT2D eigenvalue weighted by molar-refractivity contribution is 0.0677. The zero-order valence-corrected chi connectivity index (χ0v) is 19.6. The number of carbonyl (C=O) groups excluding carboxylic acids is 1. The molecule has 0 unspecified atom stereocenters.